The minimum Gasteiger partial charge on any atom is -0.351 e. The first-order valence-corrected chi connectivity index (χ1v) is 12.2. The molecule has 5 nitrogen and oxygen atoms in total. The zero-order chi connectivity index (χ0) is 23.2. The molecule has 0 amide bonds. The second-order valence-corrected chi connectivity index (χ2v) is 9.58. The molecule has 3 aromatic rings. The Morgan fingerprint density at radius 2 is 1.70 bits per heavy atom. The van der Waals surface area contributed by atoms with Crippen LogP contribution in [0.3, 0.4) is 0 Å². The maximum Gasteiger partial charge on any atom is 0.354 e. The molecule has 0 aliphatic carbocycles. The molecule has 2 heterocycles. The molecule has 0 spiro atoms. The predicted molar refractivity (Wildman–Crippen MR) is 136 cm³/mol. The number of hydrogen-bond donors (Lipinski definition) is 0. The fourth-order valence-corrected chi connectivity index (χ4v) is 4.94. The summed E-state index contributed by atoms with van der Waals surface area (Å²) in [5.41, 5.74) is 2.99. The molecular formula is C28H36N4O. The van der Waals surface area contributed by atoms with Crippen LogP contribution in [-0.2, 0) is 6.42 Å². The minimum absolute atomic E-state index is 0.204. The van der Waals surface area contributed by atoms with Crippen molar-refractivity contribution >= 4 is 5.82 Å². The maximum atomic E-state index is 13.0. The lowest BCUT2D eigenvalue weighted by molar-refractivity contribution is 0.207. The minimum atomic E-state index is -0.204. The van der Waals surface area contributed by atoms with Crippen LogP contribution in [0.25, 0.3) is 5.69 Å². The third kappa shape index (κ3) is 5.91. The van der Waals surface area contributed by atoms with Crippen LogP contribution >= 0.6 is 0 Å². The van der Waals surface area contributed by atoms with Gasteiger partial charge in [-0.2, -0.15) is 4.98 Å². The molecule has 0 saturated carbocycles. The first kappa shape index (κ1) is 23.2. The number of aryl methyl sites for hydroxylation is 2. The van der Waals surface area contributed by atoms with Crippen molar-refractivity contribution < 1.29 is 0 Å². The highest BCUT2D eigenvalue weighted by Gasteiger charge is 2.29. The molecule has 0 bridgehead atoms. The average Bonchev–Trinajstić information content (AvgIpc) is 2.80. The van der Waals surface area contributed by atoms with Crippen LogP contribution in [0.5, 0.6) is 0 Å². The van der Waals surface area contributed by atoms with Gasteiger partial charge in [0.15, 0.2) is 0 Å². The average molecular weight is 445 g/mol. The second kappa shape index (κ2) is 10.8. The van der Waals surface area contributed by atoms with Crippen molar-refractivity contribution in [3.63, 3.8) is 0 Å². The Bertz CT molecular complexity index is 1080. The highest BCUT2D eigenvalue weighted by molar-refractivity contribution is 5.44. The molecule has 4 rings (SSSR count). The highest BCUT2D eigenvalue weighted by Crippen LogP contribution is 2.24. The van der Waals surface area contributed by atoms with Crippen LogP contribution in [-0.4, -0.2) is 46.7 Å². The summed E-state index contributed by atoms with van der Waals surface area (Å²) in [6, 6.07) is 22.9. The molecule has 1 aliphatic heterocycles. The third-order valence-corrected chi connectivity index (χ3v) is 6.49. The van der Waals surface area contributed by atoms with Crippen LogP contribution in [0.2, 0.25) is 0 Å². The number of benzene rings is 2. The lowest BCUT2D eigenvalue weighted by Crippen LogP contribution is -2.54. The van der Waals surface area contributed by atoms with Gasteiger partial charge < -0.3 is 4.90 Å². The molecule has 1 saturated heterocycles. The summed E-state index contributed by atoms with van der Waals surface area (Å²) in [5.74, 6) is 1.41. The van der Waals surface area contributed by atoms with Crippen LogP contribution in [0, 0.1) is 12.8 Å². The van der Waals surface area contributed by atoms with Crippen molar-refractivity contribution in [1.29, 1.82) is 0 Å². The van der Waals surface area contributed by atoms with Crippen molar-refractivity contribution in [3.05, 3.63) is 88.5 Å². The van der Waals surface area contributed by atoms with E-state index < -0.39 is 0 Å². The van der Waals surface area contributed by atoms with Gasteiger partial charge in [-0.25, -0.2) is 4.79 Å². The smallest absolute Gasteiger partial charge is 0.351 e. The van der Waals surface area contributed by atoms with Gasteiger partial charge in [-0.15, -0.1) is 0 Å². The monoisotopic (exact) mass is 444 g/mol. The first-order chi connectivity index (χ1) is 16.0. The van der Waals surface area contributed by atoms with Crippen molar-refractivity contribution in [2.75, 3.05) is 31.1 Å². The molecule has 174 valence electrons. The summed E-state index contributed by atoms with van der Waals surface area (Å²) in [6.45, 7) is 10.6. The van der Waals surface area contributed by atoms with Gasteiger partial charge in [0.1, 0.15) is 5.82 Å². The van der Waals surface area contributed by atoms with Gasteiger partial charge in [0.25, 0.3) is 0 Å². The zero-order valence-corrected chi connectivity index (χ0v) is 20.2. The van der Waals surface area contributed by atoms with Gasteiger partial charge in [-0.3, -0.25) is 9.47 Å². The van der Waals surface area contributed by atoms with Gasteiger partial charge >= 0.3 is 5.69 Å². The molecule has 2 aromatic carbocycles. The van der Waals surface area contributed by atoms with Gasteiger partial charge in [0.2, 0.25) is 0 Å². The Hall–Kier alpha value is -2.92. The summed E-state index contributed by atoms with van der Waals surface area (Å²) >= 11 is 0. The van der Waals surface area contributed by atoms with E-state index in [-0.39, 0.29) is 5.69 Å². The van der Waals surface area contributed by atoms with Crippen molar-refractivity contribution in [2.24, 2.45) is 5.92 Å². The number of anilines is 1. The summed E-state index contributed by atoms with van der Waals surface area (Å²) in [5, 5.41) is 0. The Kier molecular flexibility index (Phi) is 7.61. The summed E-state index contributed by atoms with van der Waals surface area (Å²) in [6.07, 6.45) is 3.38. The molecule has 33 heavy (non-hydrogen) atoms. The Morgan fingerprint density at radius 1 is 1.00 bits per heavy atom. The second-order valence-electron chi connectivity index (χ2n) is 9.58. The standard InChI is InChI=1S/C28H36N4O/c1-22(2)19-26-21-30(16-10-13-24-11-6-4-7-12-24)17-18-31(26)27-20-23(3)32(28(33)29-27)25-14-8-5-9-15-25/h4-9,11-12,14-15,20,22,26H,10,13,16-19,21H2,1-3H3. The Labute approximate surface area is 197 Å². The van der Waals surface area contributed by atoms with E-state index in [2.05, 4.69) is 65.0 Å². The number of para-hydroxylation sites is 1. The van der Waals surface area contributed by atoms with Crippen molar-refractivity contribution in [1.82, 2.24) is 14.5 Å². The molecular weight excluding hydrogens is 408 g/mol. The topological polar surface area (TPSA) is 41.4 Å². The number of piperazine rings is 1. The number of nitrogens with zero attached hydrogens (tertiary/aromatic N) is 4. The SMILES string of the molecule is Cc1cc(N2CCN(CCCc3ccccc3)CC2CC(C)C)nc(=O)n1-c1ccccc1. The number of hydrogen-bond acceptors (Lipinski definition) is 4. The molecule has 5 heteroatoms. The molecule has 1 aliphatic rings. The van der Waals surface area contributed by atoms with E-state index in [0.717, 1.165) is 56.2 Å². The van der Waals surface area contributed by atoms with E-state index in [9.17, 15) is 4.79 Å². The number of aromatic nitrogens is 2. The van der Waals surface area contributed by atoms with E-state index in [1.807, 2.05) is 37.3 Å². The molecule has 1 unspecified atom stereocenters. The van der Waals surface area contributed by atoms with Crippen LogP contribution in [0.15, 0.2) is 71.5 Å². The maximum absolute atomic E-state index is 13.0. The van der Waals surface area contributed by atoms with E-state index >= 15 is 0 Å². The fraction of sp³-hybridized carbons (Fsp3) is 0.429. The molecule has 1 fully saturated rings. The van der Waals surface area contributed by atoms with E-state index in [4.69, 9.17) is 0 Å². The number of rotatable bonds is 8. The summed E-state index contributed by atoms with van der Waals surface area (Å²) in [7, 11) is 0. The molecule has 1 aromatic heterocycles. The van der Waals surface area contributed by atoms with Gasteiger partial charge in [-0.1, -0.05) is 62.4 Å². The Morgan fingerprint density at radius 3 is 2.36 bits per heavy atom. The predicted octanol–water partition coefficient (Wildman–Crippen LogP) is 4.71. The summed E-state index contributed by atoms with van der Waals surface area (Å²) in [4.78, 5) is 22.5. The van der Waals surface area contributed by atoms with E-state index in [1.54, 1.807) is 4.57 Å². The quantitative estimate of drug-likeness (QED) is 0.505. The van der Waals surface area contributed by atoms with Crippen molar-refractivity contribution in [3.8, 4) is 5.69 Å². The van der Waals surface area contributed by atoms with Gasteiger partial charge in [-0.05, 0) is 56.3 Å². The highest BCUT2D eigenvalue weighted by atomic mass is 16.1. The lowest BCUT2D eigenvalue weighted by atomic mass is 9.99. The first-order valence-electron chi connectivity index (χ1n) is 12.2. The Balaban J connectivity index is 1.47. The van der Waals surface area contributed by atoms with E-state index in [0.29, 0.717) is 12.0 Å². The van der Waals surface area contributed by atoms with Crippen LogP contribution in [0.4, 0.5) is 5.82 Å². The lowest BCUT2D eigenvalue weighted by Gasteiger charge is -2.43. The molecule has 1 atom stereocenters. The van der Waals surface area contributed by atoms with Crippen LogP contribution in [0.1, 0.15) is 37.9 Å². The van der Waals surface area contributed by atoms with Crippen molar-refractivity contribution in [2.45, 2.75) is 46.1 Å². The fourth-order valence-electron chi connectivity index (χ4n) is 4.94. The third-order valence-electron chi connectivity index (χ3n) is 6.49. The zero-order valence-electron chi connectivity index (χ0n) is 20.2. The normalized spacial score (nSPS) is 17.0. The van der Waals surface area contributed by atoms with Gasteiger partial charge in [0, 0.05) is 37.4 Å². The van der Waals surface area contributed by atoms with E-state index in [1.165, 1.54) is 12.0 Å². The summed E-state index contributed by atoms with van der Waals surface area (Å²) < 4.78 is 1.70. The largest absolute Gasteiger partial charge is 0.354 e. The molecule has 0 N–H and O–H groups in total. The van der Waals surface area contributed by atoms with Gasteiger partial charge in [0.05, 0.1) is 5.69 Å². The van der Waals surface area contributed by atoms with Crippen LogP contribution < -0.4 is 10.6 Å². The molecule has 0 radical (unpaired) electrons.